The number of allylic oxidation sites excluding steroid dienone is 1. The first-order chi connectivity index (χ1) is 9.93. The Morgan fingerprint density at radius 2 is 2.14 bits per heavy atom. The van der Waals surface area contributed by atoms with Gasteiger partial charge in [0.25, 0.3) is 6.43 Å². The standard InChI is InChI=1S/C16H18F2NO2.Y/c1-10-4-7-14(19(16(10)20)9-15(17)18)13-6-5-12(21-3)8-11(13)2;/h5-6,8,10,15H,4,9H2,1-3H3;/q-1;. The van der Waals surface area contributed by atoms with Crippen molar-refractivity contribution in [1.82, 2.24) is 4.90 Å². The van der Waals surface area contributed by atoms with Gasteiger partial charge in [-0.05, 0) is 12.1 Å². The minimum atomic E-state index is -2.57. The average Bonchev–Trinajstić information content (AvgIpc) is 2.44. The van der Waals surface area contributed by atoms with Crippen molar-refractivity contribution in [3.8, 4) is 5.75 Å². The van der Waals surface area contributed by atoms with Gasteiger partial charge in [0.05, 0.1) is 13.7 Å². The molecular formula is C16H18F2NO2Y-. The maximum absolute atomic E-state index is 12.8. The van der Waals surface area contributed by atoms with Gasteiger partial charge in [-0.1, -0.05) is 20.3 Å². The molecule has 1 aliphatic heterocycles. The van der Waals surface area contributed by atoms with Crippen molar-refractivity contribution in [1.29, 1.82) is 0 Å². The number of benzene rings is 1. The van der Waals surface area contributed by atoms with E-state index in [4.69, 9.17) is 4.74 Å². The van der Waals surface area contributed by atoms with Crippen LogP contribution in [-0.2, 0) is 37.5 Å². The molecule has 0 spiro atoms. The maximum atomic E-state index is 12.8. The van der Waals surface area contributed by atoms with E-state index in [0.29, 0.717) is 17.9 Å². The number of amides is 1. The molecule has 3 nitrogen and oxygen atoms in total. The van der Waals surface area contributed by atoms with E-state index in [1.165, 1.54) is 0 Å². The molecule has 0 saturated carbocycles. The van der Waals surface area contributed by atoms with Gasteiger partial charge >= 0.3 is 0 Å². The predicted molar refractivity (Wildman–Crippen MR) is 75.9 cm³/mol. The molecule has 1 aliphatic rings. The van der Waals surface area contributed by atoms with Crippen molar-refractivity contribution in [2.45, 2.75) is 26.7 Å². The molecule has 1 aromatic rings. The van der Waals surface area contributed by atoms with Crippen LogP contribution >= 0.6 is 0 Å². The van der Waals surface area contributed by atoms with Crippen molar-refractivity contribution >= 4 is 11.6 Å². The SMILES string of the molecule is COc1ccc(C2=[C-]CC(C)C(=O)N2CC(F)F)c(C)c1.[Y]. The Balaban J connectivity index is 0.00000242. The first-order valence-corrected chi connectivity index (χ1v) is 6.79. The predicted octanol–water partition coefficient (Wildman–Crippen LogP) is 3.28. The van der Waals surface area contributed by atoms with E-state index in [1.807, 2.05) is 13.0 Å². The molecule has 0 fully saturated rings. The summed E-state index contributed by atoms with van der Waals surface area (Å²) in [5.74, 6) is 0.0955. The summed E-state index contributed by atoms with van der Waals surface area (Å²) in [4.78, 5) is 13.3. The van der Waals surface area contributed by atoms with Gasteiger partial charge in [0.2, 0.25) is 5.91 Å². The fourth-order valence-electron chi connectivity index (χ4n) is 2.40. The van der Waals surface area contributed by atoms with Crippen LogP contribution in [0.5, 0.6) is 5.75 Å². The number of hydrogen-bond acceptors (Lipinski definition) is 2. The van der Waals surface area contributed by atoms with Gasteiger partial charge in [0.1, 0.15) is 5.75 Å². The smallest absolute Gasteiger partial charge is 0.256 e. The van der Waals surface area contributed by atoms with Crippen molar-refractivity contribution in [3.05, 3.63) is 35.4 Å². The number of rotatable bonds is 4. The van der Waals surface area contributed by atoms with Crippen molar-refractivity contribution < 1.29 is 51.0 Å². The van der Waals surface area contributed by atoms with Gasteiger partial charge in [0.15, 0.2) is 0 Å². The van der Waals surface area contributed by atoms with Crippen LogP contribution in [-0.4, -0.2) is 30.9 Å². The number of halogens is 2. The molecule has 0 aromatic heterocycles. The third-order valence-corrected chi connectivity index (χ3v) is 3.54. The Kier molecular flexibility index (Phi) is 7.14. The zero-order chi connectivity index (χ0) is 15.6. The first kappa shape index (κ1) is 19.2. The van der Waals surface area contributed by atoms with Crippen LogP contribution in [0, 0.1) is 18.9 Å². The van der Waals surface area contributed by atoms with Crippen LogP contribution in [0.15, 0.2) is 18.2 Å². The first-order valence-electron chi connectivity index (χ1n) is 6.79. The number of carbonyl (C=O) groups is 1. The molecule has 0 N–H and O–H groups in total. The number of methoxy groups -OCH3 is 1. The van der Waals surface area contributed by atoms with Crippen LogP contribution < -0.4 is 4.74 Å². The summed E-state index contributed by atoms with van der Waals surface area (Å²) in [7, 11) is 1.56. The minimum absolute atomic E-state index is 0. The maximum Gasteiger partial charge on any atom is 0.256 e. The van der Waals surface area contributed by atoms with Crippen LogP contribution in [0.4, 0.5) is 8.78 Å². The second-order valence-electron chi connectivity index (χ2n) is 5.15. The summed E-state index contributed by atoms with van der Waals surface area (Å²) < 4.78 is 30.7. The van der Waals surface area contributed by atoms with Crippen molar-refractivity contribution in [3.63, 3.8) is 0 Å². The molecule has 0 bridgehead atoms. The monoisotopic (exact) mass is 383 g/mol. The van der Waals surface area contributed by atoms with Crippen LogP contribution in [0.1, 0.15) is 24.5 Å². The molecule has 1 amide bonds. The molecule has 1 radical (unpaired) electrons. The molecule has 0 saturated heterocycles. The molecular weight excluding hydrogens is 365 g/mol. The van der Waals surface area contributed by atoms with E-state index in [0.717, 1.165) is 16.0 Å². The Bertz CT molecular complexity index is 575. The van der Waals surface area contributed by atoms with E-state index >= 15 is 0 Å². The average molecular weight is 383 g/mol. The number of carbonyl (C=O) groups excluding carboxylic acids is 1. The van der Waals surface area contributed by atoms with E-state index in [9.17, 15) is 13.6 Å². The van der Waals surface area contributed by atoms with Gasteiger partial charge in [-0.3, -0.25) is 4.79 Å². The normalized spacial score (nSPS) is 18.1. The Morgan fingerprint density at radius 3 is 2.68 bits per heavy atom. The van der Waals surface area contributed by atoms with Gasteiger partial charge in [-0.2, -0.15) is 0 Å². The second kappa shape index (κ2) is 8.16. The molecule has 1 aromatic carbocycles. The van der Waals surface area contributed by atoms with Gasteiger partial charge < -0.3 is 9.64 Å². The van der Waals surface area contributed by atoms with Crippen LogP contribution in [0.25, 0.3) is 5.70 Å². The Hall–Kier alpha value is -0.806. The van der Waals surface area contributed by atoms with Crippen molar-refractivity contribution in [2.24, 2.45) is 5.92 Å². The largest absolute Gasteiger partial charge is 0.497 e. The molecule has 6 heteroatoms. The Morgan fingerprint density at radius 1 is 1.45 bits per heavy atom. The summed E-state index contributed by atoms with van der Waals surface area (Å²) in [5, 5.41) is 0. The minimum Gasteiger partial charge on any atom is -0.497 e. The summed E-state index contributed by atoms with van der Waals surface area (Å²) >= 11 is 0. The quantitative estimate of drug-likeness (QED) is 0.747. The number of alkyl halides is 2. The number of nitrogens with zero attached hydrogens (tertiary/aromatic N) is 1. The third kappa shape index (κ3) is 4.14. The fourth-order valence-corrected chi connectivity index (χ4v) is 2.40. The number of aryl methyl sites for hydroxylation is 1. The zero-order valence-corrected chi connectivity index (χ0v) is 15.7. The topological polar surface area (TPSA) is 29.5 Å². The van der Waals surface area contributed by atoms with E-state index < -0.39 is 13.0 Å². The van der Waals surface area contributed by atoms with Crippen LogP contribution in [0.3, 0.4) is 0 Å². The molecule has 1 heterocycles. The molecule has 117 valence electrons. The molecule has 1 unspecified atom stereocenters. The molecule has 2 rings (SSSR count). The summed E-state index contributed by atoms with van der Waals surface area (Å²) in [5.41, 5.74) is 2.04. The van der Waals surface area contributed by atoms with Crippen molar-refractivity contribution in [2.75, 3.05) is 13.7 Å². The van der Waals surface area contributed by atoms with Gasteiger partial charge in [0, 0.05) is 38.6 Å². The summed E-state index contributed by atoms with van der Waals surface area (Å²) in [6.07, 6.45) is 0.966. The van der Waals surface area contributed by atoms with E-state index in [2.05, 4.69) is 6.08 Å². The van der Waals surface area contributed by atoms with Gasteiger partial charge in [-0.25, -0.2) is 14.9 Å². The fraction of sp³-hybridized carbons (Fsp3) is 0.438. The number of ether oxygens (including phenoxy) is 1. The summed E-state index contributed by atoms with van der Waals surface area (Å²) in [6, 6.07) is 5.34. The second-order valence-corrected chi connectivity index (χ2v) is 5.15. The summed E-state index contributed by atoms with van der Waals surface area (Å²) in [6.45, 7) is 2.98. The van der Waals surface area contributed by atoms with Crippen LogP contribution in [0.2, 0.25) is 0 Å². The Labute approximate surface area is 154 Å². The van der Waals surface area contributed by atoms with E-state index in [1.54, 1.807) is 26.2 Å². The number of hydrogen-bond donors (Lipinski definition) is 0. The molecule has 1 atom stereocenters. The van der Waals surface area contributed by atoms with E-state index in [-0.39, 0.29) is 44.5 Å². The third-order valence-electron chi connectivity index (χ3n) is 3.54. The van der Waals surface area contributed by atoms with Gasteiger partial charge in [-0.15, -0.1) is 22.9 Å². The molecule has 0 aliphatic carbocycles. The molecule has 22 heavy (non-hydrogen) atoms. The zero-order valence-electron chi connectivity index (χ0n) is 12.9.